The Bertz CT molecular complexity index is 442. The van der Waals surface area contributed by atoms with Gasteiger partial charge in [-0.25, -0.2) is 0 Å². The zero-order valence-corrected chi connectivity index (χ0v) is 9.48. The second-order valence-electron chi connectivity index (χ2n) is 4.25. The van der Waals surface area contributed by atoms with Crippen molar-refractivity contribution in [3.05, 3.63) is 35.4 Å². The van der Waals surface area contributed by atoms with E-state index in [1.807, 2.05) is 18.2 Å². The van der Waals surface area contributed by atoms with Gasteiger partial charge in [-0.1, -0.05) is 24.3 Å². The summed E-state index contributed by atoms with van der Waals surface area (Å²) in [5.41, 5.74) is 2.44. The summed E-state index contributed by atoms with van der Waals surface area (Å²) in [7, 11) is 0. The molecule has 4 heteroatoms. The van der Waals surface area contributed by atoms with E-state index in [4.69, 9.17) is 5.11 Å². The highest BCUT2D eigenvalue weighted by Gasteiger charge is 2.23. The SMILES string of the molecule is O=C(O)CCC(=O)NC1CCc2ccccc21. The van der Waals surface area contributed by atoms with Gasteiger partial charge in [0, 0.05) is 6.42 Å². The topological polar surface area (TPSA) is 66.4 Å². The third-order valence-electron chi connectivity index (χ3n) is 3.03. The van der Waals surface area contributed by atoms with E-state index in [0.717, 1.165) is 18.4 Å². The van der Waals surface area contributed by atoms with Crippen LogP contribution in [0.4, 0.5) is 0 Å². The lowest BCUT2D eigenvalue weighted by atomic mass is 10.1. The molecule has 1 aromatic carbocycles. The third kappa shape index (κ3) is 2.84. The van der Waals surface area contributed by atoms with Gasteiger partial charge in [0.2, 0.25) is 5.91 Å². The molecule has 0 spiro atoms. The highest BCUT2D eigenvalue weighted by molar-refractivity contribution is 5.81. The molecule has 17 heavy (non-hydrogen) atoms. The van der Waals surface area contributed by atoms with Crippen LogP contribution in [0.2, 0.25) is 0 Å². The number of carbonyl (C=O) groups is 2. The first-order chi connectivity index (χ1) is 8.16. The van der Waals surface area contributed by atoms with E-state index in [-0.39, 0.29) is 24.8 Å². The van der Waals surface area contributed by atoms with Crippen molar-refractivity contribution in [1.82, 2.24) is 5.32 Å². The molecule has 1 unspecified atom stereocenters. The first-order valence-electron chi connectivity index (χ1n) is 5.76. The summed E-state index contributed by atoms with van der Waals surface area (Å²) >= 11 is 0. The van der Waals surface area contributed by atoms with Crippen molar-refractivity contribution in [2.24, 2.45) is 0 Å². The number of nitrogens with one attached hydrogen (secondary N) is 1. The normalized spacial score (nSPS) is 17.5. The summed E-state index contributed by atoms with van der Waals surface area (Å²) in [5.74, 6) is -1.12. The average Bonchev–Trinajstić information content (AvgIpc) is 2.70. The number of aryl methyl sites for hydroxylation is 1. The minimum atomic E-state index is -0.938. The van der Waals surface area contributed by atoms with E-state index >= 15 is 0 Å². The Hall–Kier alpha value is -1.84. The van der Waals surface area contributed by atoms with Crippen LogP contribution in [0.5, 0.6) is 0 Å². The number of carboxylic acid groups (broad SMARTS) is 1. The molecule has 0 aliphatic heterocycles. The van der Waals surface area contributed by atoms with Gasteiger partial charge in [-0.05, 0) is 24.0 Å². The van der Waals surface area contributed by atoms with Crippen LogP contribution >= 0.6 is 0 Å². The van der Waals surface area contributed by atoms with Crippen LogP contribution in [-0.2, 0) is 16.0 Å². The molecule has 0 bridgehead atoms. The number of carboxylic acids is 1. The van der Waals surface area contributed by atoms with Gasteiger partial charge in [-0.3, -0.25) is 9.59 Å². The molecular weight excluding hydrogens is 218 g/mol. The smallest absolute Gasteiger partial charge is 0.303 e. The first kappa shape index (κ1) is 11.6. The fourth-order valence-electron chi connectivity index (χ4n) is 2.19. The van der Waals surface area contributed by atoms with Gasteiger partial charge in [-0.2, -0.15) is 0 Å². The number of hydrogen-bond acceptors (Lipinski definition) is 2. The minimum absolute atomic E-state index is 0.0486. The molecule has 90 valence electrons. The van der Waals surface area contributed by atoms with E-state index in [9.17, 15) is 9.59 Å². The van der Waals surface area contributed by atoms with E-state index in [2.05, 4.69) is 11.4 Å². The van der Waals surface area contributed by atoms with Crippen molar-refractivity contribution in [3.63, 3.8) is 0 Å². The molecular formula is C13H15NO3. The van der Waals surface area contributed by atoms with E-state index in [1.165, 1.54) is 5.56 Å². The fraction of sp³-hybridized carbons (Fsp3) is 0.385. The molecule has 1 aliphatic rings. The monoisotopic (exact) mass is 233 g/mol. The van der Waals surface area contributed by atoms with E-state index < -0.39 is 5.97 Å². The van der Waals surface area contributed by atoms with Gasteiger partial charge in [0.15, 0.2) is 0 Å². The van der Waals surface area contributed by atoms with Crippen molar-refractivity contribution in [2.45, 2.75) is 31.7 Å². The van der Waals surface area contributed by atoms with Crippen molar-refractivity contribution in [3.8, 4) is 0 Å². The molecule has 0 saturated heterocycles. The van der Waals surface area contributed by atoms with Crippen LogP contribution in [0.15, 0.2) is 24.3 Å². The maximum absolute atomic E-state index is 11.5. The Morgan fingerprint density at radius 1 is 1.29 bits per heavy atom. The van der Waals surface area contributed by atoms with Crippen molar-refractivity contribution in [1.29, 1.82) is 0 Å². The van der Waals surface area contributed by atoms with Crippen LogP contribution in [0, 0.1) is 0 Å². The Balaban J connectivity index is 1.93. The Kier molecular flexibility index (Phi) is 3.42. The number of amides is 1. The first-order valence-corrected chi connectivity index (χ1v) is 5.76. The van der Waals surface area contributed by atoms with Crippen LogP contribution in [0.1, 0.15) is 36.4 Å². The van der Waals surface area contributed by atoms with E-state index in [0.29, 0.717) is 0 Å². The largest absolute Gasteiger partial charge is 0.481 e. The molecule has 1 aliphatic carbocycles. The molecule has 4 nitrogen and oxygen atoms in total. The summed E-state index contributed by atoms with van der Waals surface area (Å²) in [6, 6.07) is 8.09. The fourth-order valence-corrected chi connectivity index (χ4v) is 2.19. The molecule has 1 amide bonds. The predicted molar refractivity (Wildman–Crippen MR) is 62.5 cm³/mol. The van der Waals surface area contributed by atoms with Gasteiger partial charge >= 0.3 is 5.97 Å². The third-order valence-corrected chi connectivity index (χ3v) is 3.03. The molecule has 1 atom stereocenters. The zero-order chi connectivity index (χ0) is 12.3. The van der Waals surface area contributed by atoms with Crippen LogP contribution in [0.3, 0.4) is 0 Å². The molecule has 2 N–H and O–H groups in total. The maximum atomic E-state index is 11.5. The van der Waals surface area contributed by atoms with Crippen molar-refractivity contribution >= 4 is 11.9 Å². The highest BCUT2D eigenvalue weighted by Crippen LogP contribution is 2.30. The standard InChI is InChI=1S/C13H15NO3/c15-12(7-8-13(16)17)14-11-6-5-9-3-1-2-4-10(9)11/h1-4,11H,5-8H2,(H,14,15)(H,16,17). The molecule has 2 rings (SSSR count). The van der Waals surface area contributed by atoms with Crippen LogP contribution in [0.25, 0.3) is 0 Å². The summed E-state index contributed by atoms with van der Waals surface area (Å²) in [6.07, 6.45) is 1.81. The number of aliphatic carboxylic acids is 1. The van der Waals surface area contributed by atoms with Crippen molar-refractivity contribution < 1.29 is 14.7 Å². The van der Waals surface area contributed by atoms with Crippen molar-refractivity contribution in [2.75, 3.05) is 0 Å². The van der Waals surface area contributed by atoms with Crippen LogP contribution in [-0.4, -0.2) is 17.0 Å². The Labute approximate surface area is 99.6 Å². The summed E-state index contributed by atoms with van der Waals surface area (Å²) in [4.78, 5) is 21.9. The lowest BCUT2D eigenvalue weighted by Crippen LogP contribution is -2.27. The lowest BCUT2D eigenvalue weighted by molar-refractivity contribution is -0.138. The van der Waals surface area contributed by atoms with Gasteiger partial charge in [0.1, 0.15) is 0 Å². The second kappa shape index (κ2) is 4.99. The number of carbonyl (C=O) groups excluding carboxylic acids is 1. The Morgan fingerprint density at radius 2 is 2.06 bits per heavy atom. The molecule has 0 heterocycles. The van der Waals surface area contributed by atoms with Gasteiger partial charge in [0.05, 0.1) is 12.5 Å². The molecule has 1 aromatic rings. The lowest BCUT2D eigenvalue weighted by Gasteiger charge is -2.13. The Morgan fingerprint density at radius 3 is 2.82 bits per heavy atom. The molecule has 0 radical (unpaired) electrons. The predicted octanol–water partition coefficient (Wildman–Crippen LogP) is 1.65. The van der Waals surface area contributed by atoms with Gasteiger partial charge < -0.3 is 10.4 Å². The highest BCUT2D eigenvalue weighted by atomic mass is 16.4. The summed E-state index contributed by atoms with van der Waals surface area (Å²) < 4.78 is 0. The summed E-state index contributed by atoms with van der Waals surface area (Å²) in [5, 5.41) is 11.4. The maximum Gasteiger partial charge on any atom is 0.303 e. The zero-order valence-electron chi connectivity index (χ0n) is 9.48. The number of benzene rings is 1. The van der Waals surface area contributed by atoms with Crippen LogP contribution < -0.4 is 5.32 Å². The number of rotatable bonds is 4. The minimum Gasteiger partial charge on any atom is -0.481 e. The molecule has 0 saturated carbocycles. The molecule has 0 fully saturated rings. The number of hydrogen-bond donors (Lipinski definition) is 2. The quantitative estimate of drug-likeness (QED) is 0.831. The average molecular weight is 233 g/mol. The van der Waals surface area contributed by atoms with Gasteiger partial charge in [-0.15, -0.1) is 0 Å². The summed E-state index contributed by atoms with van der Waals surface area (Å²) in [6.45, 7) is 0. The molecule has 0 aromatic heterocycles. The van der Waals surface area contributed by atoms with E-state index in [1.54, 1.807) is 0 Å². The second-order valence-corrected chi connectivity index (χ2v) is 4.25. The van der Waals surface area contributed by atoms with Gasteiger partial charge in [0.25, 0.3) is 0 Å². The number of fused-ring (bicyclic) bond motifs is 1.